The lowest BCUT2D eigenvalue weighted by Crippen LogP contribution is -2.47. The summed E-state index contributed by atoms with van der Waals surface area (Å²) < 4.78 is 0. The number of allylic oxidation sites excluding steroid dienone is 3. The first-order valence-electron chi connectivity index (χ1n) is 11.8. The van der Waals surface area contributed by atoms with Crippen LogP contribution < -0.4 is 0 Å². The molecule has 164 valence electrons. The maximum Gasteiger partial charge on any atom is 0.146 e. The van der Waals surface area contributed by atoms with Gasteiger partial charge < -0.3 is 10.2 Å². The molecule has 0 radical (unpaired) electrons. The zero-order valence-electron chi connectivity index (χ0n) is 19.2. The summed E-state index contributed by atoms with van der Waals surface area (Å²) in [4.78, 5) is 13.8. The van der Waals surface area contributed by atoms with Crippen LogP contribution >= 0.6 is 0 Å². The Balaban J connectivity index is 1.87. The number of aliphatic hydroxyl groups excluding tert-OH is 2. The minimum Gasteiger partial charge on any atom is -0.396 e. The van der Waals surface area contributed by atoms with E-state index >= 15 is 0 Å². The zero-order valence-corrected chi connectivity index (χ0v) is 19.2. The van der Waals surface area contributed by atoms with Gasteiger partial charge in [-0.3, -0.25) is 4.79 Å². The van der Waals surface area contributed by atoms with Gasteiger partial charge in [0.1, 0.15) is 5.78 Å². The van der Waals surface area contributed by atoms with Crippen molar-refractivity contribution in [2.75, 3.05) is 6.61 Å². The second-order valence-electron chi connectivity index (χ2n) is 10.9. The summed E-state index contributed by atoms with van der Waals surface area (Å²) in [7, 11) is 0. The number of ketones is 1. The summed E-state index contributed by atoms with van der Waals surface area (Å²) in [5, 5.41) is 20.0. The Bertz CT molecular complexity index is 663. The summed E-state index contributed by atoms with van der Waals surface area (Å²) >= 11 is 0. The standard InChI is InChI=1S/C26H42O3/c1-17(2)6-7-18(3)22-10-11-23(26(22,5)14-15-27)21-9-8-19-16-20(28)12-13-25(19,4)24(21)29/h6-8,17-18,20-23,27-28H,9-16H2,1-5H3/t18-,20+,21+,22-,23+,25+,26-/m1/s1. The van der Waals surface area contributed by atoms with Crippen LogP contribution in [0.2, 0.25) is 0 Å². The molecule has 3 heteroatoms. The molecule has 2 N–H and O–H groups in total. The van der Waals surface area contributed by atoms with Crippen LogP contribution in [0.15, 0.2) is 23.8 Å². The van der Waals surface area contributed by atoms with E-state index in [4.69, 9.17) is 0 Å². The molecule has 0 aromatic heterocycles. The van der Waals surface area contributed by atoms with Gasteiger partial charge in [0.15, 0.2) is 0 Å². The summed E-state index contributed by atoms with van der Waals surface area (Å²) in [6, 6.07) is 0. The summed E-state index contributed by atoms with van der Waals surface area (Å²) in [6.45, 7) is 11.4. The Kier molecular flexibility index (Phi) is 6.80. The molecule has 3 rings (SSSR count). The predicted octanol–water partition coefficient (Wildman–Crippen LogP) is 5.32. The highest BCUT2D eigenvalue weighted by Gasteiger charge is 2.55. The molecule has 0 bridgehead atoms. The number of fused-ring (bicyclic) bond motifs is 1. The summed E-state index contributed by atoms with van der Waals surface area (Å²) in [5.41, 5.74) is 0.777. The molecule has 3 aliphatic rings. The molecule has 0 heterocycles. The topological polar surface area (TPSA) is 57.5 Å². The second-order valence-corrected chi connectivity index (χ2v) is 10.9. The first-order chi connectivity index (χ1) is 13.6. The quantitative estimate of drug-likeness (QED) is 0.592. The predicted molar refractivity (Wildman–Crippen MR) is 118 cm³/mol. The largest absolute Gasteiger partial charge is 0.396 e. The van der Waals surface area contributed by atoms with Crippen LogP contribution in [0, 0.1) is 40.4 Å². The van der Waals surface area contributed by atoms with Gasteiger partial charge in [-0.2, -0.15) is 0 Å². The van der Waals surface area contributed by atoms with E-state index in [0.717, 1.165) is 38.5 Å². The fraction of sp³-hybridized carbons (Fsp3) is 0.808. The van der Waals surface area contributed by atoms with E-state index in [0.29, 0.717) is 35.9 Å². The molecule has 0 aromatic rings. The lowest BCUT2D eigenvalue weighted by Gasteiger charge is -2.47. The molecule has 3 aliphatic carbocycles. The van der Waals surface area contributed by atoms with E-state index in [1.807, 2.05) is 0 Å². The highest BCUT2D eigenvalue weighted by atomic mass is 16.3. The number of hydrogen-bond donors (Lipinski definition) is 2. The number of aliphatic hydroxyl groups is 2. The normalized spacial score (nSPS) is 41.7. The van der Waals surface area contributed by atoms with Crippen molar-refractivity contribution in [3.05, 3.63) is 23.8 Å². The SMILES string of the molecule is CC(C)C=C[C@@H](C)[C@H]1CC[C@@H]([C@@H]2CC=C3C[C@@H](O)CC[C@]3(C)C2=O)[C@]1(C)CCO. The number of Topliss-reactive ketones (excluding diaryl/α,β-unsaturated/α-hetero) is 1. The van der Waals surface area contributed by atoms with E-state index in [1.165, 1.54) is 5.57 Å². The van der Waals surface area contributed by atoms with Gasteiger partial charge in [-0.25, -0.2) is 0 Å². The molecule has 29 heavy (non-hydrogen) atoms. The van der Waals surface area contributed by atoms with E-state index in [1.54, 1.807) is 0 Å². The third kappa shape index (κ3) is 4.14. The monoisotopic (exact) mass is 402 g/mol. The van der Waals surface area contributed by atoms with Crippen LogP contribution in [0.1, 0.15) is 79.6 Å². The van der Waals surface area contributed by atoms with Gasteiger partial charge in [0.05, 0.1) is 6.10 Å². The highest BCUT2D eigenvalue weighted by Crippen LogP contribution is 2.59. The molecule has 0 spiro atoms. The van der Waals surface area contributed by atoms with Gasteiger partial charge >= 0.3 is 0 Å². The second kappa shape index (κ2) is 8.67. The van der Waals surface area contributed by atoms with Crippen LogP contribution in [0.3, 0.4) is 0 Å². The molecule has 0 aliphatic heterocycles. The van der Waals surface area contributed by atoms with Crippen molar-refractivity contribution < 1.29 is 15.0 Å². The Morgan fingerprint density at radius 2 is 1.90 bits per heavy atom. The van der Waals surface area contributed by atoms with Crippen LogP contribution in [0.4, 0.5) is 0 Å². The molecule has 0 aromatic carbocycles. The molecule has 7 atom stereocenters. The maximum atomic E-state index is 13.8. The minimum absolute atomic E-state index is 0.00824. The third-order valence-electron chi connectivity index (χ3n) is 8.69. The van der Waals surface area contributed by atoms with Crippen LogP contribution in [0.25, 0.3) is 0 Å². The fourth-order valence-corrected chi connectivity index (χ4v) is 6.88. The number of carbonyl (C=O) groups excluding carboxylic acids is 1. The Morgan fingerprint density at radius 3 is 2.55 bits per heavy atom. The van der Waals surface area contributed by atoms with Crippen molar-refractivity contribution in [1.82, 2.24) is 0 Å². The van der Waals surface area contributed by atoms with Gasteiger partial charge in [-0.1, -0.05) is 51.5 Å². The van der Waals surface area contributed by atoms with Gasteiger partial charge in [0.25, 0.3) is 0 Å². The van der Waals surface area contributed by atoms with Crippen LogP contribution in [-0.4, -0.2) is 28.7 Å². The molecular weight excluding hydrogens is 360 g/mol. The van der Waals surface area contributed by atoms with Crippen molar-refractivity contribution in [3.8, 4) is 0 Å². The lowest BCUT2D eigenvalue weighted by molar-refractivity contribution is -0.136. The lowest BCUT2D eigenvalue weighted by atomic mass is 9.56. The zero-order chi connectivity index (χ0) is 21.4. The van der Waals surface area contributed by atoms with Crippen molar-refractivity contribution >= 4 is 5.78 Å². The molecular formula is C26H42O3. The van der Waals surface area contributed by atoms with Crippen molar-refractivity contribution in [1.29, 1.82) is 0 Å². The minimum atomic E-state index is -0.385. The Labute approximate surface area is 177 Å². The van der Waals surface area contributed by atoms with Crippen molar-refractivity contribution in [2.24, 2.45) is 40.4 Å². The summed E-state index contributed by atoms with van der Waals surface area (Å²) in [6.07, 6.45) is 12.6. The van der Waals surface area contributed by atoms with Gasteiger partial charge in [-0.05, 0) is 81.0 Å². The Morgan fingerprint density at radius 1 is 1.17 bits per heavy atom. The van der Waals surface area contributed by atoms with Gasteiger partial charge in [0.2, 0.25) is 0 Å². The molecule has 0 saturated heterocycles. The smallest absolute Gasteiger partial charge is 0.146 e. The van der Waals surface area contributed by atoms with Crippen LogP contribution in [0.5, 0.6) is 0 Å². The molecule has 2 fully saturated rings. The van der Waals surface area contributed by atoms with E-state index in [2.05, 4.69) is 52.8 Å². The van der Waals surface area contributed by atoms with Crippen molar-refractivity contribution in [2.45, 2.75) is 85.7 Å². The number of hydrogen-bond acceptors (Lipinski definition) is 3. The first kappa shape index (κ1) is 22.7. The molecule has 0 amide bonds. The fourth-order valence-electron chi connectivity index (χ4n) is 6.88. The van der Waals surface area contributed by atoms with Crippen LogP contribution in [-0.2, 0) is 4.79 Å². The average molecular weight is 403 g/mol. The average Bonchev–Trinajstić information content (AvgIpc) is 2.99. The molecule has 2 saturated carbocycles. The van der Waals surface area contributed by atoms with Gasteiger partial charge in [0, 0.05) is 17.9 Å². The molecule has 0 unspecified atom stereocenters. The maximum absolute atomic E-state index is 13.8. The van der Waals surface area contributed by atoms with E-state index < -0.39 is 0 Å². The Hall–Kier alpha value is -0.930. The molecule has 3 nitrogen and oxygen atoms in total. The summed E-state index contributed by atoms with van der Waals surface area (Å²) in [5.74, 6) is 2.31. The highest BCUT2D eigenvalue weighted by molar-refractivity contribution is 5.91. The third-order valence-corrected chi connectivity index (χ3v) is 8.69. The van der Waals surface area contributed by atoms with Gasteiger partial charge in [-0.15, -0.1) is 0 Å². The van der Waals surface area contributed by atoms with Crippen molar-refractivity contribution in [3.63, 3.8) is 0 Å². The van der Waals surface area contributed by atoms with E-state index in [9.17, 15) is 15.0 Å². The number of carbonyl (C=O) groups is 1. The van der Waals surface area contributed by atoms with E-state index in [-0.39, 0.29) is 29.5 Å². The number of rotatable bonds is 6. The first-order valence-corrected chi connectivity index (χ1v) is 11.8.